The van der Waals surface area contributed by atoms with Gasteiger partial charge in [-0.1, -0.05) is 74.1 Å². The zero-order valence-electron chi connectivity index (χ0n) is 18.9. The van der Waals surface area contributed by atoms with E-state index in [1.54, 1.807) is 0 Å². The maximum atomic E-state index is 2.38. The molecular formula is C22H52N2O. The topological polar surface area (TPSA) is 33.2 Å². The molecule has 0 saturated heterocycles. The van der Waals surface area contributed by atoms with E-state index in [1.807, 2.05) is 0 Å². The Morgan fingerprint density at radius 1 is 0.480 bits per heavy atom. The van der Waals surface area contributed by atoms with Crippen molar-refractivity contribution in [2.45, 2.75) is 99.8 Å². The van der Waals surface area contributed by atoms with E-state index in [1.165, 1.54) is 102 Å². The molecule has 0 atom stereocenters. The van der Waals surface area contributed by atoms with Crippen LogP contribution in [0.1, 0.15) is 99.8 Å². The summed E-state index contributed by atoms with van der Waals surface area (Å²) in [6.45, 7) is 25.1. The third-order valence-electron chi connectivity index (χ3n) is 5.29. The Morgan fingerprint density at radius 3 is 0.840 bits per heavy atom. The van der Waals surface area contributed by atoms with Gasteiger partial charge in [-0.05, 0) is 45.3 Å². The third kappa shape index (κ3) is 17.1. The monoisotopic (exact) mass is 360 g/mol. The van der Waals surface area contributed by atoms with Crippen LogP contribution in [0.3, 0.4) is 0 Å². The minimum atomic E-state index is 0. The smallest absolute Gasteiger partial charge is 0.0786 e. The van der Waals surface area contributed by atoms with E-state index in [0.717, 1.165) is 0 Å². The standard InChI is InChI=1S/C16H36N.C6H15N.H2O/c1-5-9-13-17(14-10-6-2,15-11-7-3)16-12-8-4;1-4-7(5-2)6-3;/h5-16H2,1-4H3;4-6H2,1-3H3;1H2/q+1;;/p-1. The molecule has 0 rings (SSSR count). The SMILES string of the molecule is CCCC[N+](CCCC)(CCCC)CCCC.CCN(CC)CC.[OH-]. The Morgan fingerprint density at radius 2 is 0.720 bits per heavy atom. The van der Waals surface area contributed by atoms with Gasteiger partial charge >= 0.3 is 0 Å². The van der Waals surface area contributed by atoms with E-state index in [0.29, 0.717) is 0 Å². The van der Waals surface area contributed by atoms with Crippen LogP contribution in [0.2, 0.25) is 0 Å². The minimum Gasteiger partial charge on any atom is -0.870 e. The highest BCUT2D eigenvalue weighted by atomic mass is 16.0. The predicted molar refractivity (Wildman–Crippen MR) is 115 cm³/mol. The molecule has 0 heterocycles. The quantitative estimate of drug-likeness (QED) is 0.327. The van der Waals surface area contributed by atoms with Crippen molar-refractivity contribution in [2.75, 3.05) is 45.8 Å². The van der Waals surface area contributed by atoms with Gasteiger partial charge in [0.15, 0.2) is 0 Å². The second-order valence-corrected chi connectivity index (χ2v) is 7.27. The molecule has 0 unspecified atom stereocenters. The lowest BCUT2D eigenvalue weighted by molar-refractivity contribution is -0.929. The summed E-state index contributed by atoms with van der Waals surface area (Å²) in [6, 6.07) is 0. The summed E-state index contributed by atoms with van der Waals surface area (Å²) in [7, 11) is 0. The molecular weight excluding hydrogens is 308 g/mol. The summed E-state index contributed by atoms with van der Waals surface area (Å²) in [6.07, 6.45) is 11.1. The fourth-order valence-corrected chi connectivity index (χ4v) is 3.32. The Balaban J connectivity index is -0.000000513. The van der Waals surface area contributed by atoms with E-state index in [2.05, 4.69) is 53.4 Å². The summed E-state index contributed by atoms with van der Waals surface area (Å²) < 4.78 is 1.42. The van der Waals surface area contributed by atoms with E-state index in [4.69, 9.17) is 0 Å². The molecule has 1 N–H and O–H groups in total. The van der Waals surface area contributed by atoms with Crippen LogP contribution >= 0.6 is 0 Å². The maximum absolute atomic E-state index is 2.38. The lowest BCUT2D eigenvalue weighted by atomic mass is 10.1. The average molecular weight is 361 g/mol. The van der Waals surface area contributed by atoms with Crippen molar-refractivity contribution in [1.29, 1.82) is 0 Å². The molecule has 0 aliphatic rings. The Bertz CT molecular complexity index is 187. The fraction of sp³-hybridized carbons (Fsp3) is 1.00. The molecule has 156 valence electrons. The van der Waals surface area contributed by atoms with Crippen LogP contribution in [0.5, 0.6) is 0 Å². The van der Waals surface area contributed by atoms with Crippen molar-refractivity contribution >= 4 is 0 Å². The molecule has 3 heteroatoms. The average Bonchev–Trinajstić information content (AvgIpc) is 2.62. The summed E-state index contributed by atoms with van der Waals surface area (Å²) >= 11 is 0. The van der Waals surface area contributed by atoms with Crippen LogP contribution < -0.4 is 0 Å². The van der Waals surface area contributed by atoms with Crippen LogP contribution in [-0.4, -0.2) is 60.7 Å². The highest BCUT2D eigenvalue weighted by molar-refractivity contribution is 4.49. The summed E-state index contributed by atoms with van der Waals surface area (Å²) in [4.78, 5) is 2.38. The van der Waals surface area contributed by atoms with Crippen LogP contribution in [0.4, 0.5) is 0 Å². The molecule has 0 aromatic heterocycles. The fourth-order valence-electron chi connectivity index (χ4n) is 3.32. The first-order valence-electron chi connectivity index (χ1n) is 11.2. The Hall–Kier alpha value is -0.120. The number of quaternary nitrogens is 1. The lowest BCUT2D eigenvalue weighted by Gasteiger charge is -2.39. The van der Waals surface area contributed by atoms with Gasteiger partial charge in [0, 0.05) is 0 Å². The van der Waals surface area contributed by atoms with E-state index >= 15 is 0 Å². The highest BCUT2D eigenvalue weighted by Gasteiger charge is 2.24. The van der Waals surface area contributed by atoms with Gasteiger partial charge in [-0.2, -0.15) is 0 Å². The molecule has 3 nitrogen and oxygen atoms in total. The second-order valence-electron chi connectivity index (χ2n) is 7.27. The Labute approximate surface area is 161 Å². The normalized spacial score (nSPS) is 11.0. The number of hydrogen-bond acceptors (Lipinski definition) is 2. The van der Waals surface area contributed by atoms with Crippen molar-refractivity contribution in [3.63, 3.8) is 0 Å². The largest absolute Gasteiger partial charge is 0.870 e. The molecule has 0 saturated carbocycles. The van der Waals surface area contributed by atoms with Crippen molar-refractivity contribution < 1.29 is 9.96 Å². The van der Waals surface area contributed by atoms with Crippen LogP contribution in [-0.2, 0) is 0 Å². The second kappa shape index (κ2) is 21.9. The van der Waals surface area contributed by atoms with E-state index in [9.17, 15) is 0 Å². The van der Waals surface area contributed by atoms with Gasteiger partial charge in [-0.25, -0.2) is 0 Å². The molecule has 0 spiro atoms. The molecule has 0 aliphatic heterocycles. The molecule has 0 fully saturated rings. The molecule has 25 heavy (non-hydrogen) atoms. The van der Waals surface area contributed by atoms with Crippen LogP contribution in [0.15, 0.2) is 0 Å². The zero-order chi connectivity index (χ0) is 18.7. The zero-order valence-corrected chi connectivity index (χ0v) is 18.9. The number of rotatable bonds is 15. The van der Waals surface area contributed by atoms with Crippen LogP contribution in [0, 0.1) is 0 Å². The van der Waals surface area contributed by atoms with Gasteiger partial charge < -0.3 is 14.9 Å². The molecule has 0 aromatic carbocycles. The first-order valence-corrected chi connectivity index (χ1v) is 11.2. The van der Waals surface area contributed by atoms with Crippen LogP contribution in [0.25, 0.3) is 0 Å². The number of unbranched alkanes of at least 4 members (excludes halogenated alkanes) is 4. The lowest BCUT2D eigenvalue weighted by Crippen LogP contribution is -2.50. The van der Waals surface area contributed by atoms with E-state index in [-0.39, 0.29) is 5.48 Å². The van der Waals surface area contributed by atoms with Gasteiger partial charge in [0.2, 0.25) is 0 Å². The first-order chi connectivity index (χ1) is 11.6. The molecule has 0 amide bonds. The predicted octanol–water partition coefficient (Wildman–Crippen LogP) is 6.17. The van der Waals surface area contributed by atoms with E-state index < -0.39 is 0 Å². The number of hydrogen-bond donors (Lipinski definition) is 0. The molecule has 0 aromatic rings. The number of nitrogens with zero attached hydrogens (tertiary/aromatic N) is 2. The molecule has 0 aliphatic carbocycles. The Kier molecular flexibility index (Phi) is 26.0. The molecule has 0 radical (unpaired) electrons. The van der Waals surface area contributed by atoms with Gasteiger partial charge in [-0.15, -0.1) is 0 Å². The maximum Gasteiger partial charge on any atom is 0.0786 e. The van der Waals surface area contributed by atoms with Crippen molar-refractivity contribution in [3.05, 3.63) is 0 Å². The summed E-state index contributed by atoms with van der Waals surface area (Å²) in [5.41, 5.74) is 0. The summed E-state index contributed by atoms with van der Waals surface area (Å²) in [5.74, 6) is 0. The summed E-state index contributed by atoms with van der Waals surface area (Å²) in [5, 5.41) is 0. The van der Waals surface area contributed by atoms with Crippen molar-refractivity contribution in [2.24, 2.45) is 0 Å². The third-order valence-corrected chi connectivity index (χ3v) is 5.29. The van der Waals surface area contributed by atoms with Gasteiger partial charge in [0.1, 0.15) is 0 Å². The van der Waals surface area contributed by atoms with Crippen molar-refractivity contribution in [1.82, 2.24) is 4.90 Å². The van der Waals surface area contributed by atoms with Gasteiger partial charge in [0.05, 0.1) is 26.2 Å². The van der Waals surface area contributed by atoms with Crippen molar-refractivity contribution in [3.8, 4) is 0 Å². The van der Waals surface area contributed by atoms with Gasteiger partial charge in [0.25, 0.3) is 0 Å². The van der Waals surface area contributed by atoms with Gasteiger partial charge in [-0.3, -0.25) is 0 Å². The highest BCUT2D eigenvalue weighted by Crippen LogP contribution is 2.16. The minimum absolute atomic E-state index is 0. The first kappa shape index (κ1) is 29.6. The molecule has 0 bridgehead atoms.